The topological polar surface area (TPSA) is 69.2 Å². The van der Waals surface area contributed by atoms with E-state index in [2.05, 4.69) is 0 Å². The summed E-state index contributed by atoms with van der Waals surface area (Å²) in [6.45, 7) is 0.258. The van der Waals surface area contributed by atoms with Crippen LogP contribution in [0.4, 0.5) is 10.1 Å². The van der Waals surface area contributed by atoms with Crippen molar-refractivity contribution in [3.8, 4) is 0 Å². The zero-order valence-electron chi connectivity index (χ0n) is 7.31. The summed E-state index contributed by atoms with van der Waals surface area (Å²) in [4.78, 5) is 9.95. The summed E-state index contributed by atoms with van der Waals surface area (Å²) in [6, 6.07) is 3.29. The molecule has 0 unspecified atom stereocenters. The van der Waals surface area contributed by atoms with E-state index < -0.39 is 10.7 Å². The largest absolute Gasteiger partial charge is 0.327 e. The van der Waals surface area contributed by atoms with Crippen LogP contribution in [0.2, 0.25) is 0 Å². The van der Waals surface area contributed by atoms with E-state index in [0.717, 1.165) is 18.2 Å². The van der Waals surface area contributed by atoms with Gasteiger partial charge in [-0.3, -0.25) is 10.1 Å². The van der Waals surface area contributed by atoms with Crippen molar-refractivity contribution in [1.29, 1.82) is 0 Å². The predicted octanol–water partition coefficient (Wildman–Crippen LogP) is 1.71. The second-order valence-electron chi connectivity index (χ2n) is 2.60. The first-order valence-electron chi connectivity index (χ1n) is 3.95. The van der Waals surface area contributed by atoms with Gasteiger partial charge in [-0.1, -0.05) is 12.2 Å². The van der Waals surface area contributed by atoms with Gasteiger partial charge in [-0.05, 0) is 12.1 Å². The Bertz CT molecular complexity index is 377. The molecule has 74 valence electrons. The minimum atomic E-state index is -0.560. The van der Waals surface area contributed by atoms with Gasteiger partial charge < -0.3 is 5.73 Å². The molecule has 4 nitrogen and oxygen atoms in total. The summed E-state index contributed by atoms with van der Waals surface area (Å²) in [5.41, 5.74) is 5.28. The molecular formula is C9H9FN2O2. The first-order chi connectivity index (χ1) is 6.65. The van der Waals surface area contributed by atoms with E-state index in [9.17, 15) is 14.5 Å². The fraction of sp³-hybridized carbons (Fsp3) is 0.111. The summed E-state index contributed by atoms with van der Waals surface area (Å²) >= 11 is 0. The van der Waals surface area contributed by atoms with Crippen LogP contribution >= 0.6 is 0 Å². The number of nitro groups is 1. The first kappa shape index (κ1) is 10.3. The molecule has 0 bridgehead atoms. The zero-order valence-corrected chi connectivity index (χ0v) is 7.31. The Morgan fingerprint density at radius 1 is 1.57 bits per heavy atom. The molecule has 0 spiro atoms. The summed E-state index contributed by atoms with van der Waals surface area (Å²) in [6.07, 6.45) is 2.96. The number of hydrogen-bond donors (Lipinski definition) is 1. The standard InChI is InChI=1S/C9H9FN2O2/c10-8-3-4-9(12(13)14)7(6-8)2-1-5-11/h1-4,6H,5,11H2/b2-1+. The summed E-state index contributed by atoms with van der Waals surface area (Å²) in [5.74, 6) is -0.507. The van der Waals surface area contributed by atoms with Crippen LogP contribution in [0, 0.1) is 15.9 Å². The Hall–Kier alpha value is -1.75. The van der Waals surface area contributed by atoms with Gasteiger partial charge in [0, 0.05) is 12.6 Å². The Kier molecular flexibility index (Phi) is 3.30. The van der Waals surface area contributed by atoms with E-state index in [1.807, 2.05) is 0 Å². The van der Waals surface area contributed by atoms with Gasteiger partial charge in [0.2, 0.25) is 0 Å². The molecule has 0 aliphatic heterocycles. The van der Waals surface area contributed by atoms with Crippen LogP contribution in [0.25, 0.3) is 6.08 Å². The van der Waals surface area contributed by atoms with Crippen LogP contribution in [-0.4, -0.2) is 11.5 Å². The molecule has 1 aromatic rings. The number of nitrogens with zero attached hydrogens (tertiary/aromatic N) is 1. The number of rotatable bonds is 3. The lowest BCUT2D eigenvalue weighted by molar-refractivity contribution is -0.385. The van der Waals surface area contributed by atoms with Crippen LogP contribution in [0.1, 0.15) is 5.56 Å². The quantitative estimate of drug-likeness (QED) is 0.591. The van der Waals surface area contributed by atoms with Gasteiger partial charge >= 0.3 is 0 Å². The molecule has 0 saturated carbocycles. The third kappa shape index (κ3) is 2.37. The molecule has 1 rings (SSSR count). The van der Waals surface area contributed by atoms with E-state index in [4.69, 9.17) is 5.73 Å². The second-order valence-corrected chi connectivity index (χ2v) is 2.60. The van der Waals surface area contributed by atoms with Gasteiger partial charge in [-0.25, -0.2) is 4.39 Å². The van der Waals surface area contributed by atoms with Crippen molar-refractivity contribution in [3.05, 3.63) is 45.8 Å². The Morgan fingerprint density at radius 2 is 2.29 bits per heavy atom. The van der Waals surface area contributed by atoms with Crippen molar-refractivity contribution < 1.29 is 9.31 Å². The highest BCUT2D eigenvalue weighted by molar-refractivity contribution is 5.60. The summed E-state index contributed by atoms with van der Waals surface area (Å²) in [7, 11) is 0. The van der Waals surface area contributed by atoms with Crippen molar-refractivity contribution >= 4 is 11.8 Å². The number of halogens is 1. The molecule has 0 radical (unpaired) electrons. The van der Waals surface area contributed by atoms with Crippen molar-refractivity contribution in [2.45, 2.75) is 0 Å². The average molecular weight is 196 g/mol. The fourth-order valence-electron chi connectivity index (χ4n) is 1.02. The smallest absolute Gasteiger partial charge is 0.276 e. The minimum absolute atomic E-state index is 0.129. The Balaban J connectivity index is 3.15. The molecule has 0 aliphatic rings. The van der Waals surface area contributed by atoms with Crippen LogP contribution in [0.3, 0.4) is 0 Å². The fourth-order valence-corrected chi connectivity index (χ4v) is 1.02. The second kappa shape index (κ2) is 4.48. The molecule has 1 aromatic carbocycles. The molecule has 5 heteroatoms. The third-order valence-corrected chi connectivity index (χ3v) is 1.62. The SMILES string of the molecule is NC/C=C/c1cc(F)ccc1[N+](=O)[O-]. The molecule has 0 heterocycles. The van der Waals surface area contributed by atoms with Crippen molar-refractivity contribution in [3.63, 3.8) is 0 Å². The number of nitro benzene ring substituents is 1. The van der Waals surface area contributed by atoms with Crippen molar-refractivity contribution in [2.24, 2.45) is 5.73 Å². The molecule has 0 aromatic heterocycles. The summed E-state index contributed by atoms with van der Waals surface area (Å²) in [5, 5.41) is 10.5. The highest BCUT2D eigenvalue weighted by Gasteiger charge is 2.11. The molecule has 0 saturated heterocycles. The first-order valence-corrected chi connectivity index (χ1v) is 3.95. The van der Waals surface area contributed by atoms with Gasteiger partial charge in [0.15, 0.2) is 0 Å². The number of nitrogens with two attached hydrogens (primary N) is 1. The lowest BCUT2D eigenvalue weighted by Gasteiger charge is -1.96. The molecule has 2 N–H and O–H groups in total. The highest BCUT2D eigenvalue weighted by atomic mass is 19.1. The monoisotopic (exact) mass is 196 g/mol. The van der Waals surface area contributed by atoms with E-state index >= 15 is 0 Å². The Labute approximate surface area is 80.0 Å². The lowest BCUT2D eigenvalue weighted by Crippen LogP contribution is -1.94. The molecule has 0 amide bonds. The van der Waals surface area contributed by atoms with Crippen LogP contribution in [0.15, 0.2) is 24.3 Å². The average Bonchev–Trinajstić information content (AvgIpc) is 2.14. The van der Waals surface area contributed by atoms with Crippen LogP contribution in [0.5, 0.6) is 0 Å². The molecule has 14 heavy (non-hydrogen) atoms. The lowest BCUT2D eigenvalue weighted by atomic mass is 10.1. The third-order valence-electron chi connectivity index (χ3n) is 1.62. The van der Waals surface area contributed by atoms with Crippen molar-refractivity contribution in [2.75, 3.05) is 6.54 Å². The van der Waals surface area contributed by atoms with Crippen LogP contribution < -0.4 is 5.73 Å². The number of hydrogen-bond acceptors (Lipinski definition) is 3. The molecule has 0 fully saturated rings. The summed E-state index contributed by atoms with van der Waals surface area (Å²) < 4.78 is 12.8. The van der Waals surface area contributed by atoms with E-state index in [1.165, 1.54) is 12.2 Å². The van der Waals surface area contributed by atoms with E-state index in [1.54, 1.807) is 0 Å². The zero-order chi connectivity index (χ0) is 10.6. The maximum Gasteiger partial charge on any atom is 0.276 e. The van der Waals surface area contributed by atoms with Gasteiger partial charge in [0.25, 0.3) is 5.69 Å². The maximum atomic E-state index is 12.8. The van der Waals surface area contributed by atoms with Crippen LogP contribution in [-0.2, 0) is 0 Å². The number of benzene rings is 1. The van der Waals surface area contributed by atoms with E-state index in [-0.39, 0.29) is 17.8 Å². The maximum absolute atomic E-state index is 12.8. The Morgan fingerprint density at radius 3 is 2.86 bits per heavy atom. The minimum Gasteiger partial charge on any atom is -0.327 e. The van der Waals surface area contributed by atoms with Gasteiger partial charge in [-0.15, -0.1) is 0 Å². The molecular weight excluding hydrogens is 187 g/mol. The van der Waals surface area contributed by atoms with Gasteiger partial charge in [0.05, 0.1) is 10.5 Å². The van der Waals surface area contributed by atoms with Crippen molar-refractivity contribution in [1.82, 2.24) is 0 Å². The predicted molar refractivity (Wildman–Crippen MR) is 51.1 cm³/mol. The van der Waals surface area contributed by atoms with Gasteiger partial charge in [-0.2, -0.15) is 0 Å². The normalized spacial score (nSPS) is 10.7. The highest BCUT2D eigenvalue weighted by Crippen LogP contribution is 2.20. The molecule has 0 atom stereocenters. The molecule has 0 aliphatic carbocycles. The van der Waals surface area contributed by atoms with Gasteiger partial charge in [0.1, 0.15) is 5.82 Å². The van der Waals surface area contributed by atoms with E-state index in [0.29, 0.717) is 0 Å².